The molecule has 21 heavy (non-hydrogen) atoms. The Hall–Kier alpha value is -2.63. The highest BCUT2D eigenvalue weighted by atomic mass is 16.5. The Labute approximate surface area is 122 Å². The summed E-state index contributed by atoms with van der Waals surface area (Å²) in [7, 11) is 4.57. The molecule has 0 atom stereocenters. The normalized spacial score (nSPS) is 10.0. The third-order valence-electron chi connectivity index (χ3n) is 2.82. The predicted octanol–water partition coefficient (Wildman–Crippen LogP) is 2.66. The maximum Gasteiger partial charge on any atom is 0.374 e. The van der Waals surface area contributed by atoms with E-state index in [4.69, 9.17) is 23.4 Å². The van der Waals surface area contributed by atoms with Gasteiger partial charge in [0.15, 0.2) is 11.5 Å². The first-order valence-electron chi connectivity index (χ1n) is 6.19. The highest BCUT2D eigenvalue weighted by Gasteiger charge is 2.15. The van der Waals surface area contributed by atoms with E-state index in [0.717, 1.165) is 0 Å². The summed E-state index contributed by atoms with van der Waals surface area (Å²) in [5, 5.41) is 0. The molecule has 6 heteroatoms. The third kappa shape index (κ3) is 3.28. The van der Waals surface area contributed by atoms with Crippen molar-refractivity contribution in [3.05, 3.63) is 41.9 Å². The lowest BCUT2D eigenvalue weighted by Crippen LogP contribution is -2.05. The standard InChI is InChI=1S/C15H16O6/c1-17-12-7-10(8-13(18-2)14(12)19-3)9-21-15(16)11-5-4-6-20-11/h4-8H,9H2,1-3H3. The first kappa shape index (κ1) is 14.8. The average molecular weight is 292 g/mol. The monoisotopic (exact) mass is 292 g/mol. The largest absolute Gasteiger partial charge is 0.493 e. The summed E-state index contributed by atoms with van der Waals surface area (Å²) in [6.07, 6.45) is 1.41. The second-order valence-corrected chi connectivity index (χ2v) is 4.09. The van der Waals surface area contributed by atoms with E-state index < -0.39 is 5.97 Å². The quantitative estimate of drug-likeness (QED) is 0.762. The summed E-state index contributed by atoms with van der Waals surface area (Å²) in [5.74, 6) is 1.11. The third-order valence-corrected chi connectivity index (χ3v) is 2.82. The van der Waals surface area contributed by atoms with Gasteiger partial charge in [-0.25, -0.2) is 4.79 Å². The van der Waals surface area contributed by atoms with Gasteiger partial charge < -0.3 is 23.4 Å². The molecule has 0 bridgehead atoms. The zero-order valence-corrected chi connectivity index (χ0v) is 12.0. The molecule has 0 saturated heterocycles. The molecule has 0 saturated carbocycles. The van der Waals surface area contributed by atoms with Gasteiger partial charge in [-0.1, -0.05) is 0 Å². The lowest BCUT2D eigenvalue weighted by atomic mass is 10.2. The minimum atomic E-state index is -0.534. The fourth-order valence-electron chi connectivity index (χ4n) is 1.83. The number of methoxy groups -OCH3 is 3. The van der Waals surface area contributed by atoms with E-state index in [-0.39, 0.29) is 12.4 Å². The van der Waals surface area contributed by atoms with Crippen LogP contribution in [0.4, 0.5) is 0 Å². The highest BCUT2D eigenvalue weighted by Crippen LogP contribution is 2.38. The molecule has 0 aliphatic rings. The molecule has 6 nitrogen and oxygen atoms in total. The minimum absolute atomic E-state index is 0.0657. The molecule has 0 unspecified atom stereocenters. The molecule has 0 aliphatic carbocycles. The van der Waals surface area contributed by atoms with Crippen molar-refractivity contribution >= 4 is 5.97 Å². The Balaban J connectivity index is 2.15. The van der Waals surface area contributed by atoms with Crippen LogP contribution in [-0.2, 0) is 11.3 Å². The van der Waals surface area contributed by atoms with Crippen molar-refractivity contribution in [3.63, 3.8) is 0 Å². The Kier molecular flexibility index (Phi) is 4.71. The number of hydrogen-bond donors (Lipinski definition) is 0. The van der Waals surface area contributed by atoms with Crippen molar-refractivity contribution in [2.75, 3.05) is 21.3 Å². The van der Waals surface area contributed by atoms with Crippen molar-refractivity contribution in [3.8, 4) is 17.2 Å². The summed E-state index contributed by atoms with van der Waals surface area (Å²) in [5.41, 5.74) is 0.712. The van der Waals surface area contributed by atoms with Crippen LogP contribution in [0.3, 0.4) is 0 Å². The summed E-state index contributed by atoms with van der Waals surface area (Å²) in [4.78, 5) is 11.7. The number of carbonyl (C=O) groups is 1. The van der Waals surface area contributed by atoms with E-state index in [0.29, 0.717) is 22.8 Å². The molecule has 1 aromatic heterocycles. The number of rotatable bonds is 6. The minimum Gasteiger partial charge on any atom is -0.493 e. The number of carbonyl (C=O) groups excluding carboxylic acids is 1. The molecule has 112 valence electrons. The van der Waals surface area contributed by atoms with E-state index >= 15 is 0 Å². The lowest BCUT2D eigenvalue weighted by Gasteiger charge is -2.14. The Morgan fingerprint density at radius 2 is 1.76 bits per heavy atom. The van der Waals surface area contributed by atoms with Gasteiger partial charge in [-0.05, 0) is 29.8 Å². The molecule has 1 aromatic carbocycles. The van der Waals surface area contributed by atoms with Crippen LogP contribution >= 0.6 is 0 Å². The zero-order valence-electron chi connectivity index (χ0n) is 12.0. The van der Waals surface area contributed by atoms with E-state index in [1.807, 2.05) is 0 Å². The van der Waals surface area contributed by atoms with Gasteiger partial charge in [-0.15, -0.1) is 0 Å². The van der Waals surface area contributed by atoms with Crippen LogP contribution < -0.4 is 14.2 Å². The Morgan fingerprint density at radius 3 is 2.24 bits per heavy atom. The lowest BCUT2D eigenvalue weighted by molar-refractivity contribution is 0.0435. The van der Waals surface area contributed by atoms with E-state index in [1.165, 1.54) is 33.7 Å². The molecule has 0 amide bonds. The number of benzene rings is 1. The molecular formula is C15H16O6. The van der Waals surface area contributed by atoms with Gasteiger partial charge in [0.25, 0.3) is 0 Å². The van der Waals surface area contributed by atoms with Gasteiger partial charge in [0.05, 0.1) is 27.6 Å². The molecule has 0 fully saturated rings. The second-order valence-electron chi connectivity index (χ2n) is 4.09. The zero-order chi connectivity index (χ0) is 15.2. The molecule has 0 aliphatic heterocycles. The van der Waals surface area contributed by atoms with Gasteiger partial charge in [0, 0.05) is 0 Å². The molecular weight excluding hydrogens is 276 g/mol. The second kappa shape index (κ2) is 6.69. The van der Waals surface area contributed by atoms with E-state index in [1.54, 1.807) is 18.2 Å². The first-order chi connectivity index (χ1) is 10.2. The van der Waals surface area contributed by atoms with Crippen molar-refractivity contribution in [1.82, 2.24) is 0 Å². The summed E-state index contributed by atoms with van der Waals surface area (Å²) < 4.78 is 25.8. The topological polar surface area (TPSA) is 67.1 Å². The maximum absolute atomic E-state index is 11.7. The van der Waals surface area contributed by atoms with Gasteiger partial charge in [-0.3, -0.25) is 0 Å². The Morgan fingerprint density at radius 1 is 1.10 bits per heavy atom. The van der Waals surface area contributed by atoms with Gasteiger partial charge in [0.2, 0.25) is 11.5 Å². The maximum atomic E-state index is 11.7. The van der Waals surface area contributed by atoms with E-state index in [9.17, 15) is 4.79 Å². The van der Waals surface area contributed by atoms with Crippen LogP contribution in [0.25, 0.3) is 0 Å². The predicted molar refractivity (Wildman–Crippen MR) is 73.9 cm³/mol. The molecule has 0 radical (unpaired) electrons. The molecule has 0 spiro atoms. The van der Waals surface area contributed by atoms with Crippen molar-refractivity contribution in [2.24, 2.45) is 0 Å². The molecule has 2 aromatic rings. The van der Waals surface area contributed by atoms with Gasteiger partial charge in [-0.2, -0.15) is 0 Å². The van der Waals surface area contributed by atoms with Crippen LogP contribution in [0.15, 0.2) is 34.9 Å². The molecule has 0 N–H and O–H groups in total. The summed E-state index contributed by atoms with van der Waals surface area (Å²) >= 11 is 0. The van der Waals surface area contributed by atoms with Crippen molar-refractivity contribution < 1.29 is 28.2 Å². The van der Waals surface area contributed by atoms with Crippen molar-refractivity contribution in [2.45, 2.75) is 6.61 Å². The molecule has 1 heterocycles. The summed E-state index contributed by atoms with van der Waals surface area (Å²) in [6.45, 7) is 0.0657. The first-order valence-corrected chi connectivity index (χ1v) is 6.19. The van der Waals surface area contributed by atoms with E-state index in [2.05, 4.69) is 0 Å². The van der Waals surface area contributed by atoms with Crippen molar-refractivity contribution in [1.29, 1.82) is 0 Å². The van der Waals surface area contributed by atoms with Crippen LogP contribution in [0.2, 0.25) is 0 Å². The van der Waals surface area contributed by atoms with Gasteiger partial charge >= 0.3 is 5.97 Å². The van der Waals surface area contributed by atoms with Crippen LogP contribution in [0.1, 0.15) is 16.1 Å². The van der Waals surface area contributed by atoms with Crippen LogP contribution in [0, 0.1) is 0 Å². The number of ether oxygens (including phenoxy) is 4. The fraction of sp³-hybridized carbons (Fsp3) is 0.267. The number of hydrogen-bond acceptors (Lipinski definition) is 6. The number of furan rings is 1. The fourth-order valence-corrected chi connectivity index (χ4v) is 1.83. The SMILES string of the molecule is COc1cc(COC(=O)c2ccco2)cc(OC)c1OC. The summed E-state index contributed by atoms with van der Waals surface area (Å²) in [6, 6.07) is 6.60. The highest BCUT2D eigenvalue weighted by molar-refractivity contribution is 5.86. The smallest absolute Gasteiger partial charge is 0.374 e. The molecule has 2 rings (SSSR count). The number of esters is 1. The van der Waals surface area contributed by atoms with Crippen LogP contribution in [-0.4, -0.2) is 27.3 Å². The van der Waals surface area contributed by atoms with Crippen LogP contribution in [0.5, 0.6) is 17.2 Å². The Bertz CT molecular complexity index is 578. The van der Waals surface area contributed by atoms with Gasteiger partial charge in [0.1, 0.15) is 6.61 Å². The average Bonchev–Trinajstić information content (AvgIpc) is 3.05.